The molecule has 0 spiro atoms. The molecular weight excluding hydrogens is 228 g/mol. The van der Waals surface area contributed by atoms with Gasteiger partial charge in [0.15, 0.2) is 0 Å². The van der Waals surface area contributed by atoms with Crippen LogP contribution in [0.25, 0.3) is 10.6 Å². The molecule has 3 heteroatoms. The van der Waals surface area contributed by atoms with Crippen molar-refractivity contribution in [2.45, 2.75) is 20.8 Å². The minimum absolute atomic E-state index is 0.300. The van der Waals surface area contributed by atoms with E-state index in [1.807, 2.05) is 11.6 Å². The Balaban J connectivity index is 2.04. The monoisotopic (exact) mass is 246 g/mol. The Morgan fingerprint density at radius 1 is 1.18 bits per heavy atom. The van der Waals surface area contributed by atoms with Crippen LogP contribution in [0, 0.1) is 5.41 Å². The average Bonchev–Trinajstić information content (AvgIpc) is 2.79. The lowest BCUT2D eigenvalue weighted by Crippen LogP contribution is -2.18. The van der Waals surface area contributed by atoms with Crippen molar-refractivity contribution in [3.8, 4) is 10.6 Å². The number of thiazole rings is 1. The number of rotatable bonds is 3. The van der Waals surface area contributed by atoms with Crippen molar-refractivity contribution in [2.24, 2.45) is 5.41 Å². The Morgan fingerprint density at radius 2 is 1.88 bits per heavy atom. The molecule has 0 saturated carbocycles. The van der Waals surface area contributed by atoms with Crippen molar-refractivity contribution in [3.63, 3.8) is 0 Å². The second-order valence-corrected chi connectivity index (χ2v) is 6.22. The molecule has 0 amide bonds. The normalized spacial score (nSPS) is 11.5. The maximum absolute atomic E-state index is 4.30. The van der Waals surface area contributed by atoms with Crippen molar-refractivity contribution in [1.29, 1.82) is 0 Å². The first kappa shape index (κ1) is 12.1. The van der Waals surface area contributed by atoms with Crippen LogP contribution in [0.1, 0.15) is 20.8 Å². The minimum Gasteiger partial charge on any atom is -0.385 e. The van der Waals surface area contributed by atoms with Crippen molar-refractivity contribution in [3.05, 3.63) is 35.8 Å². The molecule has 17 heavy (non-hydrogen) atoms. The Bertz CT molecular complexity index is 452. The summed E-state index contributed by atoms with van der Waals surface area (Å²) in [5, 5.41) is 6.52. The fourth-order valence-electron chi connectivity index (χ4n) is 1.46. The minimum atomic E-state index is 0.300. The molecule has 0 aliphatic rings. The van der Waals surface area contributed by atoms with Gasteiger partial charge < -0.3 is 5.32 Å². The zero-order valence-electron chi connectivity index (χ0n) is 10.5. The fraction of sp³-hybridized carbons (Fsp3) is 0.357. The second-order valence-electron chi connectivity index (χ2n) is 5.33. The van der Waals surface area contributed by atoms with E-state index in [4.69, 9.17) is 0 Å². The maximum Gasteiger partial charge on any atom is 0.123 e. The summed E-state index contributed by atoms with van der Waals surface area (Å²) >= 11 is 1.67. The molecule has 2 rings (SSSR count). The molecule has 1 heterocycles. The highest BCUT2D eigenvalue weighted by Gasteiger charge is 2.09. The van der Waals surface area contributed by atoms with Gasteiger partial charge in [-0.05, 0) is 29.7 Å². The molecule has 0 unspecified atom stereocenters. The number of hydrogen-bond acceptors (Lipinski definition) is 3. The van der Waals surface area contributed by atoms with E-state index in [1.165, 1.54) is 11.3 Å². The number of hydrogen-bond donors (Lipinski definition) is 1. The number of benzene rings is 1. The largest absolute Gasteiger partial charge is 0.385 e. The van der Waals surface area contributed by atoms with Crippen LogP contribution in [0.4, 0.5) is 5.69 Å². The highest BCUT2D eigenvalue weighted by atomic mass is 32.1. The van der Waals surface area contributed by atoms with E-state index < -0.39 is 0 Å². The zero-order chi connectivity index (χ0) is 12.3. The van der Waals surface area contributed by atoms with Gasteiger partial charge in [-0.25, -0.2) is 4.98 Å². The molecule has 1 aromatic heterocycles. The van der Waals surface area contributed by atoms with Gasteiger partial charge in [0, 0.05) is 29.4 Å². The molecule has 2 aromatic rings. The van der Waals surface area contributed by atoms with Crippen molar-refractivity contribution >= 4 is 17.0 Å². The van der Waals surface area contributed by atoms with Gasteiger partial charge in [0.1, 0.15) is 5.01 Å². The van der Waals surface area contributed by atoms with Crippen LogP contribution in [0.2, 0.25) is 0 Å². The molecular formula is C14H18N2S. The van der Waals surface area contributed by atoms with E-state index >= 15 is 0 Å². The fourth-order valence-corrected chi connectivity index (χ4v) is 2.11. The molecule has 0 aliphatic heterocycles. The highest BCUT2D eigenvalue weighted by Crippen LogP contribution is 2.23. The molecule has 1 aromatic carbocycles. The van der Waals surface area contributed by atoms with Gasteiger partial charge in [0.05, 0.1) is 0 Å². The summed E-state index contributed by atoms with van der Waals surface area (Å²) < 4.78 is 0. The molecule has 2 nitrogen and oxygen atoms in total. The first-order valence-electron chi connectivity index (χ1n) is 5.78. The number of nitrogens with zero attached hydrogens (tertiary/aromatic N) is 1. The molecule has 0 aliphatic carbocycles. The van der Waals surface area contributed by atoms with Crippen molar-refractivity contribution in [1.82, 2.24) is 4.98 Å². The third kappa shape index (κ3) is 3.56. The Labute approximate surface area is 107 Å². The van der Waals surface area contributed by atoms with Gasteiger partial charge in [-0.3, -0.25) is 0 Å². The van der Waals surface area contributed by atoms with Crippen LogP contribution in [0.3, 0.4) is 0 Å². The van der Waals surface area contributed by atoms with Gasteiger partial charge >= 0.3 is 0 Å². The third-order valence-corrected chi connectivity index (χ3v) is 3.21. The predicted octanol–water partition coefficient (Wildman–Crippen LogP) is 4.27. The summed E-state index contributed by atoms with van der Waals surface area (Å²) in [4.78, 5) is 4.30. The Morgan fingerprint density at radius 3 is 2.41 bits per heavy atom. The average molecular weight is 246 g/mol. The van der Waals surface area contributed by atoms with Gasteiger partial charge in [0.25, 0.3) is 0 Å². The zero-order valence-corrected chi connectivity index (χ0v) is 11.3. The first-order valence-corrected chi connectivity index (χ1v) is 6.66. The predicted molar refractivity (Wildman–Crippen MR) is 75.5 cm³/mol. The number of nitrogens with one attached hydrogen (secondary N) is 1. The Kier molecular flexibility index (Phi) is 3.48. The van der Waals surface area contributed by atoms with Crippen molar-refractivity contribution in [2.75, 3.05) is 11.9 Å². The Hall–Kier alpha value is -1.35. The lowest BCUT2D eigenvalue weighted by atomic mass is 9.97. The molecule has 0 fully saturated rings. The summed E-state index contributed by atoms with van der Waals surface area (Å²) in [6.45, 7) is 7.65. The topological polar surface area (TPSA) is 24.9 Å². The van der Waals surface area contributed by atoms with E-state index in [1.54, 1.807) is 11.3 Å². The first-order chi connectivity index (χ1) is 8.04. The summed E-state index contributed by atoms with van der Waals surface area (Å²) in [5.41, 5.74) is 2.65. The number of anilines is 1. The van der Waals surface area contributed by atoms with Crippen LogP contribution in [-0.2, 0) is 0 Å². The molecule has 0 bridgehead atoms. The van der Waals surface area contributed by atoms with E-state index in [-0.39, 0.29) is 0 Å². The lowest BCUT2D eigenvalue weighted by molar-refractivity contribution is 0.443. The van der Waals surface area contributed by atoms with Crippen LogP contribution in [0.15, 0.2) is 35.8 Å². The number of aromatic nitrogens is 1. The molecule has 1 N–H and O–H groups in total. The molecule has 0 radical (unpaired) electrons. The SMILES string of the molecule is CC(C)(C)CNc1ccc(-c2nccs2)cc1. The summed E-state index contributed by atoms with van der Waals surface area (Å²) in [7, 11) is 0. The molecule has 90 valence electrons. The van der Waals surface area contributed by atoms with Crippen LogP contribution in [0.5, 0.6) is 0 Å². The van der Waals surface area contributed by atoms with Gasteiger partial charge in [-0.1, -0.05) is 20.8 Å². The third-order valence-electron chi connectivity index (χ3n) is 2.39. The maximum atomic E-state index is 4.30. The standard InChI is InChI=1S/C14H18N2S/c1-14(2,3)10-16-12-6-4-11(5-7-12)13-15-8-9-17-13/h4-9,16H,10H2,1-3H3. The van der Waals surface area contributed by atoms with E-state index in [0.717, 1.165) is 11.6 Å². The second kappa shape index (κ2) is 4.88. The molecule has 0 saturated heterocycles. The van der Waals surface area contributed by atoms with Gasteiger partial charge in [-0.15, -0.1) is 11.3 Å². The van der Waals surface area contributed by atoms with E-state index in [2.05, 4.69) is 55.3 Å². The summed E-state index contributed by atoms with van der Waals surface area (Å²) in [5.74, 6) is 0. The lowest BCUT2D eigenvalue weighted by Gasteiger charge is -2.19. The van der Waals surface area contributed by atoms with Crippen LogP contribution >= 0.6 is 11.3 Å². The summed E-state index contributed by atoms with van der Waals surface area (Å²) in [6, 6.07) is 8.46. The van der Waals surface area contributed by atoms with E-state index in [0.29, 0.717) is 5.41 Å². The van der Waals surface area contributed by atoms with Crippen LogP contribution < -0.4 is 5.32 Å². The molecule has 0 atom stereocenters. The highest BCUT2D eigenvalue weighted by molar-refractivity contribution is 7.13. The van der Waals surface area contributed by atoms with E-state index in [9.17, 15) is 0 Å². The van der Waals surface area contributed by atoms with Crippen LogP contribution in [-0.4, -0.2) is 11.5 Å². The van der Waals surface area contributed by atoms with Gasteiger partial charge in [0.2, 0.25) is 0 Å². The van der Waals surface area contributed by atoms with Crippen molar-refractivity contribution < 1.29 is 0 Å². The summed E-state index contributed by atoms with van der Waals surface area (Å²) in [6.07, 6.45) is 1.84. The van der Waals surface area contributed by atoms with Gasteiger partial charge in [-0.2, -0.15) is 0 Å². The smallest absolute Gasteiger partial charge is 0.123 e. The quantitative estimate of drug-likeness (QED) is 0.875.